The van der Waals surface area contributed by atoms with Gasteiger partial charge in [-0.1, -0.05) is 18.2 Å². The second-order valence-corrected chi connectivity index (χ2v) is 7.33. The number of fused-ring (bicyclic) bond motifs is 4. The molecular formula is C22H21N5O3. The fraction of sp³-hybridized carbons (Fsp3) is 0.227. The quantitative estimate of drug-likeness (QED) is 0.561. The maximum atomic E-state index is 12.5. The molecule has 8 nitrogen and oxygen atoms in total. The molecule has 1 N–H and O–H groups in total. The summed E-state index contributed by atoms with van der Waals surface area (Å²) >= 11 is 0. The standard InChI is InChI=1S/C22H21N5O3/c1-13-23-17-10-14(8-9-18(17)26(13)2)11-30-22(28)24-21-16-12-29-19-7-5-4-6-15(19)20(16)25-27(21)3/h4-10H,11-12H2,1-3H3,(H,24,28). The summed E-state index contributed by atoms with van der Waals surface area (Å²) in [5, 5.41) is 7.37. The summed E-state index contributed by atoms with van der Waals surface area (Å²) in [5.41, 5.74) is 5.36. The molecule has 0 saturated heterocycles. The van der Waals surface area contributed by atoms with Crippen LogP contribution in [0.1, 0.15) is 17.0 Å². The number of aryl methyl sites for hydroxylation is 3. The molecule has 0 fully saturated rings. The molecule has 1 aliphatic rings. The Bertz CT molecular complexity index is 1290. The van der Waals surface area contributed by atoms with Gasteiger partial charge in [0.05, 0.1) is 16.6 Å². The van der Waals surface area contributed by atoms with E-state index in [0.29, 0.717) is 12.4 Å². The molecule has 0 atom stereocenters. The van der Waals surface area contributed by atoms with Gasteiger partial charge in [-0.3, -0.25) is 10.00 Å². The molecule has 2 aromatic heterocycles. The molecule has 0 aliphatic carbocycles. The van der Waals surface area contributed by atoms with Crippen LogP contribution in [0.4, 0.5) is 10.6 Å². The zero-order valence-corrected chi connectivity index (χ0v) is 17.0. The molecule has 30 heavy (non-hydrogen) atoms. The summed E-state index contributed by atoms with van der Waals surface area (Å²) in [6.45, 7) is 2.45. The highest BCUT2D eigenvalue weighted by Gasteiger charge is 2.26. The summed E-state index contributed by atoms with van der Waals surface area (Å²) in [4.78, 5) is 17.0. The van der Waals surface area contributed by atoms with E-state index in [-0.39, 0.29) is 6.61 Å². The zero-order chi connectivity index (χ0) is 20.8. The lowest BCUT2D eigenvalue weighted by atomic mass is 10.0. The van der Waals surface area contributed by atoms with Crippen LogP contribution in [0.15, 0.2) is 42.5 Å². The van der Waals surface area contributed by atoms with E-state index >= 15 is 0 Å². The van der Waals surface area contributed by atoms with Gasteiger partial charge in [-0.05, 0) is 36.8 Å². The van der Waals surface area contributed by atoms with Gasteiger partial charge < -0.3 is 14.0 Å². The van der Waals surface area contributed by atoms with Crippen molar-refractivity contribution in [3.05, 3.63) is 59.4 Å². The van der Waals surface area contributed by atoms with Crippen molar-refractivity contribution in [3.8, 4) is 17.0 Å². The molecule has 5 rings (SSSR count). The number of para-hydroxylation sites is 1. The fourth-order valence-electron chi connectivity index (χ4n) is 3.75. The number of carbonyl (C=O) groups is 1. The number of benzene rings is 2. The van der Waals surface area contributed by atoms with Crippen LogP contribution in [0.25, 0.3) is 22.3 Å². The molecule has 2 aromatic carbocycles. The first-order chi connectivity index (χ1) is 14.5. The summed E-state index contributed by atoms with van der Waals surface area (Å²) < 4.78 is 14.9. The molecular weight excluding hydrogens is 382 g/mol. The molecule has 0 spiro atoms. The molecule has 4 aromatic rings. The smallest absolute Gasteiger partial charge is 0.413 e. The lowest BCUT2D eigenvalue weighted by Gasteiger charge is -2.17. The first-order valence-electron chi connectivity index (χ1n) is 9.65. The van der Waals surface area contributed by atoms with Crippen molar-refractivity contribution in [2.24, 2.45) is 14.1 Å². The van der Waals surface area contributed by atoms with Gasteiger partial charge in [-0.2, -0.15) is 5.10 Å². The summed E-state index contributed by atoms with van der Waals surface area (Å²) in [6, 6.07) is 13.6. The van der Waals surface area contributed by atoms with Crippen LogP contribution in [-0.4, -0.2) is 25.4 Å². The number of rotatable bonds is 3. The molecule has 1 amide bonds. The largest absolute Gasteiger partial charge is 0.488 e. The minimum atomic E-state index is -0.544. The third kappa shape index (κ3) is 2.97. The van der Waals surface area contributed by atoms with Crippen molar-refractivity contribution in [2.45, 2.75) is 20.1 Å². The maximum Gasteiger partial charge on any atom is 0.413 e. The molecule has 3 heterocycles. The lowest BCUT2D eigenvalue weighted by molar-refractivity contribution is 0.155. The average molecular weight is 403 g/mol. The highest BCUT2D eigenvalue weighted by Crippen LogP contribution is 2.39. The van der Waals surface area contributed by atoms with Crippen LogP contribution in [0.2, 0.25) is 0 Å². The number of ether oxygens (including phenoxy) is 2. The van der Waals surface area contributed by atoms with Crippen LogP contribution in [0, 0.1) is 6.92 Å². The third-order valence-corrected chi connectivity index (χ3v) is 5.42. The number of hydrogen-bond donors (Lipinski definition) is 1. The van der Waals surface area contributed by atoms with Gasteiger partial charge in [0.2, 0.25) is 0 Å². The Kier molecular flexibility index (Phi) is 4.20. The van der Waals surface area contributed by atoms with E-state index in [1.165, 1.54) is 0 Å². The van der Waals surface area contributed by atoms with Crippen molar-refractivity contribution in [1.29, 1.82) is 0 Å². The van der Waals surface area contributed by atoms with Gasteiger partial charge in [0.1, 0.15) is 36.3 Å². The van der Waals surface area contributed by atoms with Gasteiger partial charge in [-0.25, -0.2) is 9.78 Å². The number of carbonyl (C=O) groups excluding carboxylic acids is 1. The van der Waals surface area contributed by atoms with E-state index < -0.39 is 6.09 Å². The highest BCUT2D eigenvalue weighted by molar-refractivity contribution is 5.87. The fourth-order valence-corrected chi connectivity index (χ4v) is 3.75. The van der Waals surface area contributed by atoms with Gasteiger partial charge >= 0.3 is 6.09 Å². The first kappa shape index (κ1) is 18.2. The van der Waals surface area contributed by atoms with Gasteiger partial charge in [0.25, 0.3) is 0 Å². The predicted octanol–water partition coefficient (Wildman–Crippen LogP) is 3.92. The summed E-state index contributed by atoms with van der Waals surface area (Å²) in [6.07, 6.45) is -0.544. The molecule has 0 radical (unpaired) electrons. The van der Waals surface area contributed by atoms with E-state index in [1.54, 1.807) is 11.7 Å². The van der Waals surface area contributed by atoms with Crippen LogP contribution in [0.3, 0.4) is 0 Å². The number of amides is 1. The van der Waals surface area contributed by atoms with Gasteiger partial charge in [0.15, 0.2) is 0 Å². The van der Waals surface area contributed by atoms with Gasteiger partial charge in [-0.15, -0.1) is 0 Å². The second kappa shape index (κ2) is 6.91. The Morgan fingerprint density at radius 2 is 2.07 bits per heavy atom. The minimum Gasteiger partial charge on any atom is -0.488 e. The molecule has 0 saturated carbocycles. The van der Waals surface area contributed by atoms with Crippen molar-refractivity contribution in [1.82, 2.24) is 19.3 Å². The topological polar surface area (TPSA) is 83.2 Å². The molecule has 0 bridgehead atoms. The highest BCUT2D eigenvalue weighted by atomic mass is 16.5. The number of nitrogens with zero attached hydrogens (tertiary/aromatic N) is 4. The number of aromatic nitrogens is 4. The summed E-state index contributed by atoms with van der Waals surface area (Å²) in [5.74, 6) is 2.29. The van der Waals surface area contributed by atoms with Crippen LogP contribution in [0.5, 0.6) is 5.75 Å². The summed E-state index contributed by atoms with van der Waals surface area (Å²) in [7, 11) is 3.76. The van der Waals surface area contributed by atoms with E-state index in [1.807, 2.05) is 61.0 Å². The van der Waals surface area contributed by atoms with E-state index in [4.69, 9.17) is 9.47 Å². The van der Waals surface area contributed by atoms with Gasteiger partial charge in [0, 0.05) is 19.7 Å². The Morgan fingerprint density at radius 1 is 1.23 bits per heavy atom. The van der Waals surface area contributed by atoms with Crippen LogP contribution >= 0.6 is 0 Å². The maximum absolute atomic E-state index is 12.5. The molecule has 152 valence electrons. The van der Waals surface area contributed by atoms with E-state index in [0.717, 1.165) is 45.0 Å². The Labute approximate surface area is 173 Å². The average Bonchev–Trinajstić information content (AvgIpc) is 3.22. The molecule has 1 aliphatic heterocycles. The van der Waals surface area contributed by atoms with Crippen molar-refractivity contribution < 1.29 is 14.3 Å². The monoisotopic (exact) mass is 403 g/mol. The minimum absolute atomic E-state index is 0.150. The van der Waals surface area contributed by atoms with Crippen LogP contribution in [-0.2, 0) is 32.0 Å². The predicted molar refractivity (Wildman–Crippen MR) is 112 cm³/mol. The van der Waals surface area contributed by atoms with E-state index in [2.05, 4.69) is 15.4 Å². The Morgan fingerprint density at radius 3 is 2.93 bits per heavy atom. The third-order valence-electron chi connectivity index (χ3n) is 5.42. The number of hydrogen-bond acceptors (Lipinski definition) is 5. The van der Waals surface area contributed by atoms with E-state index in [9.17, 15) is 4.79 Å². The number of anilines is 1. The normalized spacial score (nSPS) is 12.2. The van der Waals surface area contributed by atoms with Crippen molar-refractivity contribution in [3.63, 3.8) is 0 Å². The number of nitrogens with one attached hydrogen (secondary N) is 1. The SMILES string of the molecule is Cc1nc2cc(COC(=O)Nc3c4c(nn3C)-c3ccccc3OC4)ccc2n1C. The van der Waals surface area contributed by atoms with Crippen molar-refractivity contribution in [2.75, 3.05) is 5.32 Å². The number of imidazole rings is 1. The molecule has 8 heteroatoms. The molecule has 0 unspecified atom stereocenters. The van der Waals surface area contributed by atoms with Crippen molar-refractivity contribution >= 4 is 22.9 Å². The second-order valence-electron chi connectivity index (χ2n) is 7.33. The lowest BCUT2D eigenvalue weighted by Crippen LogP contribution is -2.17. The zero-order valence-electron chi connectivity index (χ0n) is 17.0. The first-order valence-corrected chi connectivity index (χ1v) is 9.65. The Hall–Kier alpha value is -3.81. The van der Waals surface area contributed by atoms with Crippen LogP contribution < -0.4 is 10.1 Å². The Balaban J connectivity index is 1.32.